The Morgan fingerprint density at radius 1 is 1.10 bits per heavy atom. The fourth-order valence-electron chi connectivity index (χ4n) is 3.48. The van der Waals surface area contributed by atoms with E-state index in [1.807, 2.05) is 0 Å². The summed E-state index contributed by atoms with van der Waals surface area (Å²) in [6, 6.07) is 6.46. The number of imide groups is 1. The van der Waals surface area contributed by atoms with E-state index in [1.54, 1.807) is 24.3 Å². The Morgan fingerprint density at radius 2 is 1.62 bits per heavy atom. The predicted molar refractivity (Wildman–Crippen MR) is 84.1 cm³/mol. The van der Waals surface area contributed by atoms with Crippen LogP contribution < -0.4 is 5.73 Å². The van der Waals surface area contributed by atoms with Crippen molar-refractivity contribution in [3.05, 3.63) is 35.4 Å². The molecule has 4 nitrogen and oxygen atoms in total. The molecule has 21 heavy (non-hydrogen) atoms. The molecule has 1 atom stereocenters. The molecule has 1 aliphatic carbocycles. The Bertz CT molecular complexity index is 573. The molecule has 2 aliphatic rings. The maximum Gasteiger partial charge on any atom is 0.262 e. The van der Waals surface area contributed by atoms with E-state index in [0.29, 0.717) is 11.1 Å². The molecule has 2 amide bonds. The molecular formula is C16H18N2O2S. The molecule has 1 unspecified atom stereocenters. The molecule has 1 aliphatic heterocycles. The summed E-state index contributed by atoms with van der Waals surface area (Å²) < 4.78 is 0. The van der Waals surface area contributed by atoms with Crippen LogP contribution >= 0.6 is 12.2 Å². The first-order valence-corrected chi connectivity index (χ1v) is 7.78. The van der Waals surface area contributed by atoms with Crippen molar-refractivity contribution >= 4 is 29.0 Å². The monoisotopic (exact) mass is 302 g/mol. The Morgan fingerprint density at radius 3 is 2.10 bits per heavy atom. The lowest BCUT2D eigenvalue weighted by molar-refractivity contribution is 0.0570. The van der Waals surface area contributed by atoms with Gasteiger partial charge in [-0.1, -0.05) is 43.6 Å². The average molecular weight is 302 g/mol. The molecule has 5 heteroatoms. The van der Waals surface area contributed by atoms with E-state index in [2.05, 4.69) is 0 Å². The number of carbonyl (C=O) groups excluding carboxylic acids is 2. The lowest BCUT2D eigenvalue weighted by Crippen LogP contribution is -2.51. The van der Waals surface area contributed by atoms with Gasteiger partial charge in [-0.05, 0) is 30.9 Å². The molecule has 1 saturated carbocycles. The van der Waals surface area contributed by atoms with Gasteiger partial charge in [-0.15, -0.1) is 0 Å². The molecule has 0 saturated heterocycles. The Hall–Kier alpha value is -1.75. The molecule has 1 aromatic carbocycles. The highest BCUT2D eigenvalue weighted by Gasteiger charge is 2.43. The first-order chi connectivity index (χ1) is 10.1. The van der Waals surface area contributed by atoms with Crippen molar-refractivity contribution < 1.29 is 9.59 Å². The van der Waals surface area contributed by atoms with Gasteiger partial charge in [0.15, 0.2) is 0 Å². The summed E-state index contributed by atoms with van der Waals surface area (Å²) in [6.45, 7) is 0. The third-order valence-electron chi connectivity index (χ3n) is 4.49. The van der Waals surface area contributed by atoms with Gasteiger partial charge >= 0.3 is 0 Å². The van der Waals surface area contributed by atoms with Crippen molar-refractivity contribution in [2.75, 3.05) is 0 Å². The van der Waals surface area contributed by atoms with Crippen molar-refractivity contribution in [1.29, 1.82) is 0 Å². The number of nitrogens with two attached hydrogens (primary N) is 1. The van der Waals surface area contributed by atoms with Crippen LogP contribution in [-0.4, -0.2) is 27.7 Å². The summed E-state index contributed by atoms with van der Waals surface area (Å²) >= 11 is 5.18. The minimum absolute atomic E-state index is 0.193. The lowest BCUT2D eigenvalue weighted by atomic mass is 9.83. The summed E-state index contributed by atoms with van der Waals surface area (Å²) in [4.78, 5) is 26.7. The van der Waals surface area contributed by atoms with E-state index in [1.165, 1.54) is 11.3 Å². The Kier molecular flexibility index (Phi) is 3.76. The fourth-order valence-corrected chi connectivity index (χ4v) is 3.78. The molecule has 2 N–H and O–H groups in total. The third kappa shape index (κ3) is 2.35. The maximum atomic E-state index is 12.6. The van der Waals surface area contributed by atoms with Crippen LogP contribution in [0, 0.1) is 5.92 Å². The second-order valence-corrected chi connectivity index (χ2v) is 6.24. The number of benzene rings is 1. The van der Waals surface area contributed by atoms with Crippen LogP contribution in [0.5, 0.6) is 0 Å². The van der Waals surface area contributed by atoms with E-state index in [4.69, 9.17) is 18.0 Å². The third-order valence-corrected chi connectivity index (χ3v) is 4.73. The van der Waals surface area contributed by atoms with Gasteiger partial charge in [-0.2, -0.15) is 0 Å². The van der Waals surface area contributed by atoms with Crippen molar-refractivity contribution in [2.24, 2.45) is 11.7 Å². The summed E-state index contributed by atoms with van der Waals surface area (Å²) in [6.07, 6.45) is 5.34. The zero-order valence-electron chi connectivity index (χ0n) is 11.7. The van der Waals surface area contributed by atoms with Crippen LogP contribution in [0.3, 0.4) is 0 Å². The molecular weight excluding hydrogens is 284 g/mol. The summed E-state index contributed by atoms with van der Waals surface area (Å²) in [7, 11) is 0. The van der Waals surface area contributed by atoms with Gasteiger partial charge in [0.2, 0.25) is 0 Å². The zero-order valence-corrected chi connectivity index (χ0v) is 12.6. The van der Waals surface area contributed by atoms with Crippen molar-refractivity contribution in [1.82, 2.24) is 4.90 Å². The Labute approximate surface area is 129 Å². The highest BCUT2D eigenvalue weighted by atomic mass is 32.1. The van der Waals surface area contributed by atoms with Gasteiger partial charge in [0.25, 0.3) is 11.8 Å². The number of carbonyl (C=O) groups is 2. The number of nitrogens with zero attached hydrogens (tertiary/aromatic N) is 1. The van der Waals surface area contributed by atoms with Gasteiger partial charge in [-0.3, -0.25) is 14.5 Å². The van der Waals surface area contributed by atoms with Crippen LogP contribution in [0.1, 0.15) is 52.8 Å². The second kappa shape index (κ2) is 5.56. The van der Waals surface area contributed by atoms with Gasteiger partial charge in [0, 0.05) is 0 Å². The van der Waals surface area contributed by atoms with E-state index < -0.39 is 6.04 Å². The zero-order chi connectivity index (χ0) is 15.0. The van der Waals surface area contributed by atoms with Crippen LogP contribution in [0.15, 0.2) is 24.3 Å². The van der Waals surface area contributed by atoms with Crippen molar-refractivity contribution in [3.8, 4) is 0 Å². The van der Waals surface area contributed by atoms with Gasteiger partial charge < -0.3 is 5.73 Å². The number of hydrogen-bond donors (Lipinski definition) is 1. The fraction of sp³-hybridized carbons (Fsp3) is 0.438. The second-order valence-electron chi connectivity index (χ2n) is 5.77. The predicted octanol–water partition coefficient (Wildman–Crippen LogP) is 2.52. The number of amides is 2. The van der Waals surface area contributed by atoms with E-state index >= 15 is 0 Å². The maximum absolute atomic E-state index is 12.6. The molecule has 110 valence electrons. The summed E-state index contributed by atoms with van der Waals surface area (Å²) in [5.41, 5.74) is 6.81. The van der Waals surface area contributed by atoms with Crippen LogP contribution in [0.25, 0.3) is 0 Å². The molecule has 3 rings (SSSR count). The van der Waals surface area contributed by atoms with E-state index in [-0.39, 0.29) is 22.7 Å². The SMILES string of the molecule is NC(=S)C(C1CCCCC1)N1C(=O)c2ccccc2C1=O. The standard InChI is InChI=1S/C16H18N2O2S/c17-14(21)13(10-6-2-1-3-7-10)18-15(19)11-8-4-5-9-12(11)16(18)20/h4-5,8-10,13H,1-3,6-7H2,(H2,17,21). The lowest BCUT2D eigenvalue weighted by Gasteiger charge is -2.34. The summed E-state index contributed by atoms with van der Waals surface area (Å²) in [5, 5.41) is 0. The van der Waals surface area contributed by atoms with Crippen molar-refractivity contribution in [3.63, 3.8) is 0 Å². The minimum Gasteiger partial charge on any atom is -0.392 e. The number of thiocarbonyl (C=S) groups is 1. The van der Waals surface area contributed by atoms with E-state index in [9.17, 15) is 9.59 Å². The highest BCUT2D eigenvalue weighted by Crippen LogP contribution is 2.33. The topological polar surface area (TPSA) is 63.4 Å². The van der Waals surface area contributed by atoms with Crippen molar-refractivity contribution in [2.45, 2.75) is 38.1 Å². The van der Waals surface area contributed by atoms with Gasteiger partial charge in [0.05, 0.1) is 22.2 Å². The number of rotatable bonds is 3. The molecule has 0 radical (unpaired) electrons. The quantitative estimate of drug-likeness (QED) is 0.688. The van der Waals surface area contributed by atoms with Crippen LogP contribution in [0.2, 0.25) is 0 Å². The number of hydrogen-bond acceptors (Lipinski definition) is 3. The van der Waals surface area contributed by atoms with Crippen LogP contribution in [-0.2, 0) is 0 Å². The molecule has 0 bridgehead atoms. The minimum atomic E-state index is -0.451. The number of fused-ring (bicyclic) bond motifs is 1. The normalized spacial score (nSPS) is 20.5. The summed E-state index contributed by atoms with van der Waals surface area (Å²) in [5.74, 6) is -0.337. The highest BCUT2D eigenvalue weighted by molar-refractivity contribution is 7.80. The first-order valence-electron chi connectivity index (χ1n) is 7.37. The average Bonchev–Trinajstić information content (AvgIpc) is 2.74. The molecule has 1 aromatic rings. The Balaban J connectivity index is 1.96. The van der Waals surface area contributed by atoms with Gasteiger partial charge in [0.1, 0.15) is 0 Å². The molecule has 1 heterocycles. The van der Waals surface area contributed by atoms with Gasteiger partial charge in [-0.25, -0.2) is 0 Å². The molecule has 1 fully saturated rings. The largest absolute Gasteiger partial charge is 0.392 e. The molecule has 0 aromatic heterocycles. The smallest absolute Gasteiger partial charge is 0.262 e. The van der Waals surface area contributed by atoms with E-state index in [0.717, 1.165) is 25.7 Å². The molecule has 0 spiro atoms. The van der Waals surface area contributed by atoms with Crippen LogP contribution in [0.4, 0.5) is 0 Å². The first kappa shape index (κ1) is 14.2.